The molecule has 0 radical (unpaired) electrons. The van der Waals surface area contributed by atoms with Gasteiger partial charge in [0.2, 0.25) is 0 Å². The average Bonchev–Trinajstić information content (AvgIpc) is 2.01. The van der Waals surface area contributed by atoms with E-state index in [9.17, 15) is 0 Å². The molecular weight excluding hydrogens is 204 g/mol. The highest BCUT2D eigenvalue weighted by Gasteiger charge is 1.93. The molecule has 0 atom stereocenters. The summed E-state index contributed by atoms with van der Waals surface area (Å²) in [5.41, 5.74) is 10.4. The van der Waals surface area contributed by atoms with Crippen molar-refractivity contribution in [1.82, 2.24) is 0 Å². The van der Waals surface area contributed by atoms with E-state index in [1.807, 2.05) is 0 Å². The van der Waals surface area contributed by atoms with Gasteiger partial charge >= 0.3 is 0 Å². The average molecular weight is 220 g/mol. The molecule has 0 bridgehead atoms. The van der Waals surface area contributed by atoms with Crippen LogP contribution in [0.1, 0.15) is 12.8 Å². The molecule has 0 fully saturated rings. The second-order valence-electron chi connectivity index (χ2n) is 2.48. The van der Waals surface area contributed by atoms with Crippen molar-refractivity contribution in [3.8, 4) is 0 Å². The van der Waals surface area contributed by atoms with Crippen LogP contribution in [0.15, 0.2) is 0 Å². The summed E-state index contributed by atoms with van der Waals surface area (Å²) in [5.74, 6) is 2.31. The van der Waals surface area contributed by atoms with Crippen LogP contribution < -0.4 is 11.5 Å². The van der Waals surface area contributed by atoms with Crippen LogP contribution in [0.3, 0.4) is 0 Å². The van der Waals surface area contributed by atoms with Gasteiger partial charge in [-0.1, -0.05) is 0 Å². The van der Waals surface area contributed by atoms with Gasteiger partial charge < -0.3 is 11.5 Å². The molecule has 0 saturated carbocycles. The summed E-state index contributed by atoms with van der Waals surface area (Å²) in [5, 5.41) is 14.9. The van der Waals surface area contributed by atoms with E-state index in [1.165, 1.54) is 0 Å². The van der Waals surface area contributed by atoms with E-state index in [-0.39, 0.29) is 11.7 Å². The van der Waals surface area contributed by atoms with Crippen molar-refractivity contribution in [2.24, 2.45) is 11.5 Å². The van der Waals surface area contributed by atoms with Crippen LogP contribution in [0.4, 0.5) is 0 Å². The molecule has 0 amide bonds. The Morgan fingerprint density at radius 1 is 0.923 bits per heavy atom. The van der Waals surface area contributed by atoms with Crippen LogP contribution in [-0.2, 0) is 0 Å². The Hall–Kier alpha value is -0.360. The third-order valence-corrected chi connectivity index (χ3v) is 3.52. The van der Waals surface area contributed by atoms with Crippen molar-refractivity contribution in [2.75, 3.05) is 16.6 Å². The summed E-state index contributed by atoms with van der Waals surface area (Å²) >= 11 is 3.53. The maximum atomic E-state index is 6.98. The van der Waals surface area contributed by atoms with Crippen molar-refractivity contribution in [3.63, 3.8) is 0 Å². The number of thioether (sulfide) groups is 2. The first kappa shape index (κ1) is 12.6. The summed E-state index contributed by atoms with van der Waals surface area (Å²) in [7, 11) is 0. The SMILES string of the molecule is N=C(N)CCSCSCCC(=N)N. The minimum Gasteiger partial charge on any atom is -0.388 e. The number of hydrogen-bond donors (Lipinski definition) is 4. The van der Waals surface area contributed by atoms with Gasteiger partial charge in [-0.15, -0.1) is 0 Å². The number of amidine groups is 2. The second kappa shape index (κ2) is 8.25. The Bertz CT molecular complexity index is 154. The van der Waals surface area contributed by atoms with Gasteiger partial charge in [0.15, 0.2) is 0 Å². The molecule has 13 heavy (non-hydrogen) atoms. The third-order valence-electron chi connectivity index (χ3n) is 1.20. The smallest absolute Gasteiger partial charge is 0.0913 e. The van der Waals surface area contributed by atoms with E-state index in [0.717, 1.165) is 16.6 Å². The van der Waals surface area contributed by atoms with E-state index in [0.29, 0.717) is 12.8 Å². The summed E-state index contributed by atoms with van der Waals surface area (Å²) < 4.78 is 0. The van der Waals surface area contributed by atoms with Crippen LogP contribution in [-0.4, -0.2) is 28.3 Å². The molecule has 6 heteroatoms. The van der Waals surface area contributed by atoms with Crippen LogP contribution in [0.25, 0.3) is 0 Å². The molecule has 0 aliphatic heterocycles. The van der Waals surface area contributed by atoms with Crippen molar-refractivity contribution in [2.45, 2.75) is 12.8 Å². The van der Waals surface area contributed by atoms with Crippen molar-refractivity contribution in [1.29, 1.82) is 10.8 Å². The molecule has 0 unspecified atom stereocenters. The van der Waals surface area contributed by atoms with Gasteiger partial charge in [-0.3, -0.25) is 10.8 Å². The molecule has 0 aliphatic rings. The summed E-state index contributed by atoms with van der Waals surface area (Å²) in [4.78, 5) is 0. The van der Waals surface area contributed by atoms with Gasteiger partial charge in [0.05, 0.1) is 11.7 Å². The molecule has 0 spiro atoms. The molecule has 0 saturated heterocycles. The van der Waals surface area contributed by atoms with Gasteiger partial charge in [-0.25, -0.2) is 0 Å². The van der Waals surface area contributed by atoms with Crippen LogP contribution in [0.5, 0.6) is 0 Å². The number of rotatable bonds is 8. The zero-order chi connectivity index (χ0) is 10.1. The number of nitrogens with one attached hydrogen (secondary N) is 2. The molecular formula is C7H16N4S2. The first-order valence-corrected chi connectivity index (χ1v) is 6.25. The quantitative estimate of drug-likeness (QED) is 0.213. The molecule has 0 rings (SSSR count). The lowest BCUT2D eigenvalue weighted by Gasteiger charge is -2.00. The van der Waals surface area contributed by atoms with Crippen LogP contribution in [0.2, 0.25) is 0 Å². The third kappa shape index (κ3) is 11.6. The maximum absolute atomic E-state index is 6.98. The second-order valence-corrected chi connectivity index (χ2v) is 5.06. The predicted octanol–water partition coefficient (Wildman–Crippen LogP) is 1.06. The van der Waals surface area contributed by atoms with Gasteiger partial charge in [-0.2, -0.15) is 23.5 Å². The Kier molecular flexibility index (Phi) is 8.02. The molecule has 0 aromatic carbocycles. The minimum absolute atomic E-state index is 0.251. The van der Waals surface area contributed by atoms with E-state index < -0.39 is 0 Å². The molecule has 0 aromatic heterocycles. The summed E-state index contributed by atoms with van der Waals surface area (Å²) in [6.45, 7) is 0. The largest absolute Gasteiger partial charge is 0.388 e. The number of nitrogens with two attached hydrogens (primary N) is 2. The number of hydrogen-bond acceptors (Lipinski definition) is 4. The highest BCUT2D eigenvalue weighted by atomic mass is 32.2. The zero-order valence-corrected chi connectivity index (χ0v) is 9.14. The lowest BCUT2D eigenvalue weighted by atomic mass is 10.5. The lowest BCUT2D eigenvalue weighted by Crippen LogP contribution is -2.10. The Balaban J connectivity index is 3.00. The molecule has 76 valence electrons. The highest BCUT2D eigenvalue weighted by Crippen LogP contribution is 2.13. The van der Waals surface area contributed by atoms with Gasteiger partial charge in [-0.05, 0) is 0 Å². The normalized spacial score (nSPS) is 9.85. The molecule has 6 N–H and O–H groups in total. The van der Waals surface area contributed by atoms with E-state index in [2.05, 4.69) is 0 Å². The van der Waals surface area contributed by atoms with Crippen molar-refractivity contribution in [3.05, 3.63) is 0 Å². The van der Waals surface area contributed by atoms with Gasteiger partial charge in [0.1, 0.15) is 0 Å². The Labute approximate surface area is 87.2 Å². The Morgan fingerprint density at radius 2 is 1.31 bits per heavy atom. The summed E-state index contributed by atoms with van der Waals surface area (Å²) in [6.07, 6.45) is 1.33. The lowest BCUT2D eigenvalue weighted by molar-refractivity contribution is 1.22. The monoisotopic (exact) mass is 220 g/mol. The predicted molar refractivity (Wildman–Crippen MR) is 62.8 cm³/mol. The summed E-state index contributed by atoms with van der Waals surface area (Å²) in [6, 6.07) is 0. The fourth-order valence-corrected chi connectivity index (χ4v) is 2.68. The van der Waals surface area contributed by atoms with Crippen LogP contribution in [0, 0.1) is 10.8 Å². The fourth-order valence-electron chi connectivity index (χ4n) is 0.541. The molecule has 0 heterocycles. The van der Waals surface area contributed by atoms with Gasteiger partial charge in [0, 0.05) is 29.4 Å². The maximum Gasteiger partial charge on any atom is 0.0913 e. The fraction of sp³-hybridized carbons (Fsp3) is 0.714. The topological polar surface area (TPSA) is 99.7 Å². The van der Waals surface area contributed by atoms with E-state index in [4.69, 9.17) is 22.3 Å². The van der Waals surface area contributed by atoms with E-state index in [1.54, 1.807) is 23.5 Å². The zero-order valence-electron chi connectivity index (χ0n) is 7.51. The van der Waals surface area contributed by atoms with Crippen molar-refractivity contribution < 1.29 is 0 Å². The minimum atomic E-state index is 0.251. The van der Waals surface area contributed by atoms with Crippen molar-refractivity contribution >= 4 is 35.2 Å². The first-order chi connectivity index (χ1) is 6.13. The standard InChI is InChI=1S/C7H16N4S2/c8-6(9)1-3-12-5-13-4-2-7(10)11/h1-5H2,(H3,8,9)(H3,10,11). The Morgan fingerprint density at radius 3 is 1.62 bits per heavy atom. The van der Waals surface area contributed by atoms with E-state index >= 15 is 0 Å². The highest BCUT2D eigenvalue weighted by molar-refractivity contribution is 8.15. The molecule has 0 aliphatic carbocycles. The van der Waals surface area contributed by atoms with Gasteiger partial charge in [0.25, 0.3) is 0 Å². The first-order valence-electron chi connectivity index (χ1n) is 3.94. The van der Waals surface area contributed by atoms with Crippen LogP contribution >= 0.6 is 23.5 Å². The molecule has 0 aromatic rings. The molecule has 4 nitrogen and oxygen atoms in total.